The Labute approximate surface area is 123 Å². The van der Waals surface area contributed by atoms with Gasteiger partial charge in [-0.05, 0) is 44.4 Å². The highest BCUT2D eigenvalue weighted by atomic mass is 32.2. The Bertz CT molecular complexity index is 722. The van der Waals surface area contributed by atoms with E-state index in [1.807, 2.05) is 6.07 Å². The molecule has 1 atom stereocenters. The lowest BCUT2D eigenvalue weighted by atomic mass is 10.0. The van der Waals surface area contributed by atoms with Gasteiger partial charge in [-0.2, -0.15) is 9.98 Å². The summed E-state index contributed by atoms with van der Waals surface area (Å²) in [5, 5.41) is 20.1. The maximum absolute atomic E-state index is 12.4. The van der Waals surface area contributed by atoms with E-state index in [0.29, 0.717) is 11.1 Å². The van der Waals surface area contributed by atoms with Crippen molar-refractivity contribution in [3.63, 3.8) is 0 Å². The molecule has 114 valence electrons. The number of nitro groups is 1. The third kappa shape index (κ3) is 3.56. The van der Waals surface area contributed by atoms with Crippen LogP contribution in [0.3, 0.4) is 0 Å². The zero-order valence-electron chi connectivity index (χ0n) is 12.3. The van der Waals surface area contributed by atoms with Crippen LogP contribution in [0, 0.1) is 35.3 Å². The number of rotatable bonds is 5. The van der Waals surface area contributed by atoms with E-state index in [-0.39, 0.29) is 6.42 Å². The topological polar surface area (TPSA) is 113 Å². The first-order valence-corrected chi connectivity index (χ1v) is 7.75. The number of hydrogen-bond donors (Lipinski definition) is 1. The van der Waals surface area contributed by atoms with Crippen molar-refractivity contribution in [1.82, 2.24) is 4.72 Å². The van der Waals surface area contributed by atoms with E-state index in [1.165, 1.54) is 19.1 Å². The normalized spacial score (nSPS) is 14.2. The molecule has 0 aromatic heterocycles. The van der Waals surface area contributed by atoms with Crippen molar-refractivity contribution in [3.8, 4) is 6.07 Å². The van der Waals surface area contributed by atoms with Crippen LogP contribution in [0.25, 0.3) is 0 Å². The average Bonchev–Trinajstić information content (AvgIpc) is 2.40. The average molecular weight is 311 g/mol. The minimum absolute atomic E-state index is 0.237. The molecule has 1 aromatic rings. The Hall–Kier alpha value is -1.98. The van der Waals surface area contributed by atoms with Crippen LogP contribution in [-0.2, 0) is 10.0 Å². The van der Waals surface area contributed by atoms with Gasteiger partial charge in [-0.15, -0.1) is 0 Å². The van der Waals surface area contributed by atoms with Crippen molar-refractivity contribution in [3.05, 3.63) is 33.4 Å². The number of sulfonamides is 1. The van der Waals surface area contributed by atoms with Crippen molar-refractivity contribution < 1.29 is 13.3 Å². The van der Waals surface area contributed by atoms with E-state index in [9.17, 15) is 18.5 Å². The lowest BCUT2D eigenvalue weighted by Gasteiger charge is -2.21. The second-order valence-corrected chi connectivity index (χ2v) is 6.72. The summed E-state index contributed by atoms with van der Waals surface area (Å²) in [4.78, 5) is 9.92. The van der Waals surface area contributed by atoms with Gasteiger partial charge in [0, 0.05) is 6.07 Å². The lowest BCUT2D eigenvalue weighted by Crippen LogP contribution is -2.44. The van der Waals surface area contributed by atoms with Gasteiger partial charge in [0.2, 0.25) is 10.0 Å². The van der Waals surface area contributed by atoms with Gasteiger partial charge in [-0.3, -0.25) is 10.1 Å². The summed E-state index contributed by atoms with van der Waals surface area (Å²) in [5.74, 6) is 0. The molecule has 0 amide bonds. The van der Waals surface area contributed by atoms with Crippen molar-refractivity contribution in [1.29, 1.82) is 5.26 Å². The molecule has 0 saturated heterocycles. The quantitative estimate of drug-likeness (QED) is 0.661. The summed E-state index contributed by atoms with van der Waals surface area (Å²) < 4.78 is 27.0. The second-order valence-electron chi connectivity index (χ2n) is 5.06. The summed E-state index contributed by atoms with van der Waals surface area (Å²) in [5.41, 5.74) is -0.566. The molecular formula is C13H17N3O4S. The van der Waals surface area contributed by atoms with E-state index >= 15 is 0 Å². The summed E-state index contributed by atoms with van der Waals surface area (Å²) in [6.07, 6.45) is 0.237. The minimum atomic E-state index is -4.17. The third-order valence-electron chi connectivity index (χ3n) is 3.37. The van der Waals surface area contributed by atoms with Gasteiger partial charge < -0.3 is 0 Å². The van der Waals surface area contributed by atoms with Gasteiger partial charge in [-0.1, -0.05) is 6.92 Å². The van der Waals surface area contributed by atoms with Crippen LogP contribution in [0.4, 0.5) is 5.69 Å². The van der Waals surface area contributed by atoms with Gasteiger partial charge in [0.25, 0.3) is 5.69 Å². The number of nitro benzene ring substituents is 1. The summed E-state index contributed by atoms with van der Waals surface area (Å²) in [6, 6.07) is 4.34. The van der Waals surface area contributed by atoms with Gasteiger partial charge >= 0.3 is 0 Å². The zero-order chi connectivity index (χ0) is 16.4. The van der Waals surface area contributed by atoms with E-state index < -0.39 is 31.1 Å². The first-order valence-electron chi connectivity index (χ1n) is 6.27. The molecule has 0 aliphatic carbocycles. The number of nitrogens with zero attached hydrogens (tertiary/aromatic N) is 2. The summed E-state index contributed by atoms with van der Waals surface area (Å²) in [7, 11) is -4.17. The number of nitriles is 1. The molecule has 0 fully saturated rings. The monoisotopic (exact) mass is 311 g/mol. The molecule has 0 aliphatic rings. The number of nitrogens with one attached hydrogen (secondary N) is 1. The molecular weight excluding hydrogens is 294 g/mol. The lowest BCUT2D eigenvalue weighted by molar-refractivity contribution is -0.387. The highest BCUT2D eigenvalue weighted by Crippen LogP contribution is 2.28. The van der Waals surface area contributed by atoms with Crippen LogP contribution >= 0.6 is 0 Å². The number of benzene rings is 1. The fraction of sp³-hybridized carbons (Fsp3) is 0.462. The Morgan fingerprint density at radius 3 is 2.33 bits per heavy atom. The molecule has 8 heteroatoms. The molecule has 1 aromatic carbocycles. The fourth-order valence-electron chi connectivity index (χ4n) is 1.66. The van der Waals surface area contributed by atoms with Crippen LogP contribution < -0.4 is 4.72 Å². The van der Waals surface area contributed by atoms with Crippen LogP contribution in [0.2, 0.25) is 0 Å². The van der Waals surface area contributed by atoms with Crippen molar-refractivity contribution >= 4 is 15.7 Å². The Morgan fingerprint density at radius 1 is 1.38 bits per heavy atom. The maximum atomic E-state index is 12.4. The van der Waals surface area contributed by atoms with E-state index in [4.69, 9.17) is 5.26 Å². The molecule has 1 rings (SSSR count). The maximum Gasteiger partial charge on any atom is 0.289 e. The Kier molecular flexibility index (Phi) is 4.71. The fourth-order valence-corrected chi connectivity index (χ4v) is 3.29. The molecule has 21 heavy (non-hydrogen) atoms. The highest BCUT2D eigenvalue weighted by molar-refractivity contribution is 7.89. The molecule has 1 unspecified atom stereocenters. The minimum Gasteiger partial charge on any atom is -0.258 e. The molecule has 1 N–H and O–H groups in total. The third-order valence-corrected chi connectivity index (χ3v) is 5.00. The first-order chi connectivity index (χ1) is 9.56. The second kappa shape index (κ2) is 5.79. The van der Waals surface area contributed by atoms with Crippen LogP contribution in [0.1, 0.15) is 31.4 Å². The van der Waals surface area contributed by atoms with Crippen molar-refractivity contribution in [2.45, 2.75) is 44.6 Å². The van der Waals surface area contributed by atoms with Crippen molar-refractivity contribution in [2.75, 3.05) is 0 Å². The van der Waals surface area contributed by atoms with Gasteiger partial charge in [-0.25, -0.2) is 8.42 Å². The predicted molar refractivity (Wildman–Crippen MR) is 77.2 cm³/mol. The number of hydrogen-bond acceptors (Lipinski definition) is 5. The summed E-state index contributed by atoms with van der Waals surface area (Å²) in [6.45, 7) is 6.41. The summed E-state index contributed by atoms with van der Waals surface area (Å²) >= 11 is 0. The standard InChI is InChI=1S/C13H17N3O4S/c1-5-13(4,8-14)15-21(19,20)12-7-10(3)9(2)6-11(12)16(17)18/h6-7,15H,5H2,1-4H3. The van der Waals surface area contributed by atoms with Gasteiger partial charge in [0.1, 0.15) is 5.54 Å². The van der Waals surface area contributed by atoms with Gasteiger partial charge in [0.05, 0.1) is 11.0 Å². The van der Waals surface area contributed by atoms with Crippen molar-refractivity contribution in [2.24, 2.45) is 0 Å². The highest BCUT2D eigenvalue weighted by Gasteiger charge is 2.33. The predicted octanol–water partition coefficient (Wildman–Crippen LogP) is 2.18. The number of aryl methyl sites for hydroxylation is 2. The molecule has 0 heterocycles. The molecule has 0 spiro atoms. The Balaban J connectivity index is 3.49. The van der Waals surface area contributed by atoms with E-state index in [2.05, 4.69) is 4.72 Å². The van der Waals surface area contributed by atoms with Gasteiger partial charge in [0.15, 0.2) is 4.90 Å². The van der Waals surface area contributed by atoms with Crippen LogP contribution in [0.15, 0.2) is 17.0 Å². The van der Waals surface area contributed by atoms with Crippen LogP contribution in [0.5, 0.6) is 0 Å². The SMILES string of the molecule is CCC(C)(C#N)NS(=O)(=O)c1cc(C)c(C)cc1[N+](=O)[O-]. The largest absolute Gasteiger partial charge is 0.289 e. The molecule has 0 bridgehead atoms. The zero-order valence-corrected chi connectivity index (χ0v) is 13.1. The van der Waals surface area contributed by atoms with E-state index in [0.717, 1.165) is 0 Å². The molecule has 0 saturated carbocycles. The Morgan fingerprint density at radius 2 is 1.90 bits per heavy atom. The smallest absolute Gasteiger partial charge is 0.258 e. The molecule has 0 aliphatic heterocycles. The molecule has 0 radical (unpaired) electrons. The first kappa shape index (κ1) is 17.1. The molecule has 7 nitrogen and oxygen atoms in total. The van der Waals surface area contributed by atoms with E-state index in [1.54, 1.807) is 20.8 Å². The van der Waals surface area contributed by atoms with Crippen LogP contribution in [-0.4, -0.2) is 18.9 Å².